The van der Waals surface area contributed by atoms with Crippen molar-refractivity contribution in [2.45, 2.75) is 26.7 Å². The van der Waals surface area contributed by atoms with Gasteiger partial charge in [0.15, 0.2) is 0 Å². The minimum atomic E-state index is -0.431. The Kier molecular flexibility index (Phi) is 5.55. The van der Waals surface area contributed by atoms with E-state index in [1.54, 1.807) is 31.3 Å². The van der Waals surface area contributed by atoms with E-state index in [0.29, 0.717) is 23.6 Å². The predicted octanol–water partition coefficient (Wildman–Crippen LogP) is 2.87. The average molecular weight is 263 g/mol. The van der Waals surface area contributed by atoms with Crippen molar-refractivity contribution in [3.05, 3.63) is 29.8 Å². The van der Waals surface area contributed by atoms with Gasteiger partial charge in [-0.05, 0) is 24.5 Å². The maximum absolute atomic E-state index is 12.1. The summed E-state index contributed by atoms with van der Waals surface area (Å²) < 4.78 is 4.73. The lowest BCUT2D eigenvalue weighted by molar-refractivity contribution is -0.118. The Bertz CT molecular complexity index is 454. The number of rotatable bonds is 5. The van der Waals surface area contributed by atoms with Gasteiger partial charge in [0.05, 0.1) is 18.4 Å². The third-order valence-corrected chi connectivity index (χ3v) is 2.98. The summed E-state index contributed by atoms with van der Waals surface area (Å²) in [5.41, 5.74) is 0.994. The number of amides is 1. The third-order valence-electron chi connectivity index (χ3n) is 2.98. The molecular weight excluding hydrogens is 242 g/mol. The van der Waals surface area contributed by atoms with Crippen LogP contribution in [0.25, 0.3) is 0 Å². The number of nitrogens with zero attached hydrogens (tertiary/aromatic N) is 1. The first kappa shape index (κ1) is 15.2. The molecule has 0 fully saturated rings. The highest BCUT2D eigenvalue weighted by Gasteiger charge is 2.18. The lowest BCUT2D eigenvalue weighted by atomic mass is 10.1. The summed E-state index contributed by atoms with van der Waals surface area (Å²) in [5, 5.41) is 0. The molecule has 0 radical (unpaired) electrons. The second-order valence-corrected chi connectivity index (χ2v) is 4.89. The molecule has 0 aliphatic rings. The molecule has 0 unspecified atom stereocenters. The zero-order valence-electron chi connectivity index (χ0n) is 12.0. The smallest absolute Gasteiger partial charge is 0.339 e. The number of hydrogen-bond donors (Lipinski definition) is 0. The predicted molar refractivity (Wildman–Crippen MR) is 75.3 cm³/mol. The Balaban J connectivity index is 2.90. The number of para-hydroxylation sites is 1. The summed E-state index contributed by atoms with van der Waals surface area (Å²) in [4.78, 5) is 25.3. The highest BCUT2D eigenvalue weighted by molar-refractivity contribution is 6.02. The standard InChI is InChI=1S/C15H21NO3/c1-11(2)9-10-14(17)16(3)13-8-6-5-7-12(13)15(18)19-4/h5-8,11H,9-10H2,1-4H3. The zero-order chi connectivity index (χ0) is 14.4. The van der Waals surface area contributed by atoms with Gasteiger partial charge >= 0.3 is 5.97 Å². The number of methoxy groups -OCH3 is 1. The molecule has 4 heteroatoms. The molecule has 0 N–H and O–H groups in total. The van der Waals surface area contributed by atoms with Crippen LogP contribution in [0.4, 0.5) is 5.69 Å². The third kappa shape index (κ3) is 4.09. The molecule has 0 saturated carbocycles. The molecule has 0 aromatic heterocycles. The maximum atomic E-state index is 12.1. The minimum absolute atomic E-state index is 0.00468. The lowest BCUT2D eigenvalue weighted by Gasteiger charge is -2.20. The van der Waals surface area contributed by atoms with Crippen LogP contribution in [-0.4, -0.2) is 26.0 Å². The molecule has 0 aliphatic carbocycles. The van der Waals surface area contributed by atoms with Crippen molar-refractivity contribution in [2.24, 2.45) is 5.92 Å². The molecule has 0 saturated heterocycles. The molecule has 1 rings (SSSR count). The van der Waals surface area contributed by atoms with Crippen molar-refractivity contribution in [3.63, 3.8) is 0 Å². The molecule has 1 aromatic rings. The first-order valence-electron chi connectivity index (χ1n) is 6.41. The fraction of sp³-hybridized carbons (Fsp3) is 0.467. The van der Waals surface area contributed by atoms with E-state index in [1.807, 2.05) is 0 Å². The number of benzene rings is 1. The number of hydrogen-bond acceptors (Lipinski definition) is 3. The van der Waals surface area contributed by atoms with E-state index in [9.17, 15) is 9.59 Å². The Morgan fingerprint density at radius 1 is 1.26 bits per heavy atom. The van der Waals surface area contributed by atoms with Crippen LogP contribution in [-0.2, 0) is 9.53 Å². The first-order valence-corrected chi connectivity index (χ1v) is 6.41. The van der Waals surface area contributed by atoms with E-state index in [0.717, 1.165) is 6.42 Å². The summed E-state index contributed by atoms with van der Waals surface area (Å²) in [6.07, 6.45) is 1.31. The van der Waals surface area contributed by atoms with Crippen LogP contribution in [0, 0.1) is 5.92 Å². The second-order valence-electron chi connectivity index (χ2n) is 4.89. The molecule has 1 amide bonds. The van der Waals surface area contributed by atoms with Crippen LogP contribution in [0.3, 0.4) is 0 Å². The molecule has 0 spiro atoms. The molecule has 104 valence electrons. The van der Waals surface area contributed by atoms with Crippen molar-refractivity contribution >= 4 is 17.6 Å². The van der Waals surface area contributed by atoms with Crippen LogP contribution < -0.4 is 4.90 Å². The highest BCUT2D eigenvalue weighted by atomic mass is 16.5. The number of anilines is 1. The van der Waals surface area contributed by atoms with Crippen LogP contribution in [0.2, 0.25) is 0 Å². The van der Waals surface area contributed by atoms with Gasteiger partial charge in [-0.3, -0.25) is 4.79 Å². The molecule has 1 aromatic carbocycles. The Morgan fingerprint density at radius 2 is 1.89 bits per heavy atom. The monoisotopic (exact) mass is 263 g/mol. The fourth-order valence-electron chi connectivity index (χ4n) is 1.76. The summed E-state index contributed by atoms with van der Waals surface area (Å²) >= 11 is 0. The van der Waals surface area contributed by atoms with E-state index in [1.165, 1.54) is 12.0 Å². The largest absolute Gasteiger partial charge is 0.465 e. The average Bonchev–Trinajstić information content (AvgIpc) is 2.42. The summed E-state index contributed by atoms with van der Waals surface area (Å²) in [7, 11) is 3.02. The van der Waals surface area contributed by atoms with Crippen molar-refractivity contribution in [1.82, 2.24) is 0 Å². The van der Waals surface area contributed by atoms with E-state index >= 15 is 0 Å². The van der Waals surface area contributed by atoms with Crippen LogP contribution in [0.15, 0.2) is 24.3 Å². The van der Waals surface area contributed by atoms with Gasteiger partial charge in [0.2, 0.25) is 5.91 Å². The summed E-state index contributed by atoms with van der Waals surface area (Å²) in [6, 6.07) is 6.96. The second kappa shape index (κ2) is 6.92. The van der Waals surface area contributed by atoms with Crippen molar-refractivity contribution in [1.29, 1.82) is 0 Å². The van der Waals surface area contributed by atoms with E-state index in [2.05, 4.69) is 13.8 Å². The summed E-state index contributed by atoms with van der Waals surface area (Å²) in [5.74, 6) is 0.0531. The van der Waals surface area contributed by atoms with Gasteiger partial charge in [-0.2, -0.15) is 0 Å². The number of ether oxygens (including phenoxy) is 1. The molecular formula is C15H21NO3. The topological polar surface area (TPSA) is 46.6 Å². The lowest BCUT2D eigenvalue weighted by Crippen LogP contribution is -2.28. The van der Waals surface area contributed by atoms with E-state index in [-0.39, 0.29) is 5.91 Å². The Labute approximate surface area is 114 Å². The number of esters is 1. The minimum Gasteiger partial charge on any atom is -0.465 e. The Morgan fingerprint density at radius 3 is 2.47 bits per heavy atom. The fourth-order valence-corrected chi connectivity index (χ4v) is 1.76. The molecule has 0 aliphatic heterocycles. The van der Waals surface area contributed by atoms with Crippen molar-refractivity contribution in [2.75, 3.05) is 19.1 Å². The molecule has 0 heterocycles. The van der Waals surface area contributed by atoms with Gasteiger partial charge < -0.3 is 9.64 Å². The van der Waals surface area contributed by atoms with Gasteiger partial charge in [0.25, 0.3) is 0 Å². The van der Waals surface area contributed by atoms with Gasteiger partial charge in [0.1, 0.15) is 0 Å². The van der Waals surface area contributed by atoms with Gasteiger partial charge in [-0.1, -0.05) is 26.0 Å². The number of carbonyl (C=O) groups is 2. The normalized spacial score (nSPS) is 10.4. The Hall–Kier alpha value is -1.84. The van der Waals surface area contributed by atoms with Crippen LogP contribution in [0.1, 0.15) is 37.0 Å². The number of carbonyl (C=O) groups excluding carboxylic acids is 2. The highest BCUT2D eigenvalue weighted by Crippen LogP contribution is 2.21. The molecule has 4 nitrogen and oxygen atoms in total. The zero-order valence-corrected chi connectivity index (χ0v) is 12.0. The van der Waals surface area contributed by atoms with Gasteiger partial charge in [-0.25, -0.2) is 4.79 Å². The van der Waals surface area contributed by atoms with Crippen LogP contribution >= 0.6 is 0 Å². The summed E-state index contributed by atoms with van der Waals surface area (Å²) in [6.45, 7) is 4.16. The first-order chi connectivity index (χ1) is 8.97. The van der Waals surface area contributed by atoms with Gasteiger partial charge in [0, 0.05) is 13.5 Å². The van der Waals surface area contributed by atoms with Crippen molar-refractivity contribution < 1.29 is 14.3 Å². The quantitative estimate of drug-likeness (QED) is 0.767. The SMILES string of the molecule is COC(=O)c1ccccc1N(C)C(=O)CCC(C)C. The van der Waals surface area contributed by atoms with E-state index < -0.39 is 5.97 Å². The molecule has 0 bridgehead atoms. The maximum Gasteiger partial charge on any atom is 0.339 e. The van der Waals surface area contributed by atoms with Crippen molar-refractivity contribution in [3.8, 4) is 0 Å². The molecule has 19 heavy (non-hydrogen) atoms. The van der Waals surface area contributed by atoms with Crippen LogP contribution in [0.5, 0.6) is 0 Å². The molecule has 0 atom stereocenters. The van der Waals surface area contributed by atoms with Gasteiger partial charge in [-0.15, -0.1) is 0 Å². The van der Waals surface area contributed by atoms with E-state index in [4.69, 9.17) is 4.74 Å².